The van der Waals surface area contributed by atoms with E-state index in [1.54, 1.807) is 6.20 Å². The predicted molar refractivity (Wildman–Crippen MR) is 86.1 cm³/mol. The first-order valence-electron chi connectivity index (χ1n) is 8.36. The molecule has 6 heteroatoms. The van der Waals surface area contributed by atoms with Crippen molar-refractivity contribution >= 4 is 5.82 Å². The number of piperidine rings is 1. The highest BCUT2D eigenvalue weighted by Crippen LogP contribution is 2.30. The number of nitriles is 1. The summed E-state index contributed by atoms with van der Waals surface area (Å²) < 4.78 is 2.43. The molecular weight excluding hydrogens is 288 g/mol. The number of hydrogen-bond donors (Lipinski definition) is 0. The van der Waals surface area contributed by atoms with Gasteiger partial charge in [-0.05, 0) is 32.1 Å². The summed E-state index contributed by atoms with van der Waals surface area (Å²) in [5.41, 5.74) is 1.76. The minimum atomic E-state index is 0.378. The van der Waals surface area contributed by atoms with Gasteiger partial charge in [-0.15, -0.1) is 0 Å². The summed E-state index contributed by atoms with van der Waals surface area (Å²) in [6, 6.07) is 2.07. The average Bonchev–Trinajstić information content (AvgIpc) is 3.06. The Morgan fingerprint density at radius 1 is 1.13 bits per heavy atom. The normalized spacial score (nSPS) is 20.8. The third-order valence-corrected chi connectivity index (χ3v) is 4.88. The van der Waals surface area contributed by atoms with Gasteiger partial charge in [-0.3, -0.25) is 4.98 Å². The quantitative estimate of drug-likeness (QED) is 0.851. The Balaban J connectivity index is 1.57. The van der Waals surface area contributed by atoms with E-state index >= 15 is 0 Å². The molecular formula is C17H20N6. The topological polar surface area (TPSA) is 70.6 Å². The number of aryl methyl sites for hydroxylation is 1. The standard InChI is InChI=1S/C17H20N6/c18-8-14-9-19-11-16(21-14)22-6-3-4-13(12-22)17-20-10-15-5-1-2-7-23(15)17/h9-11,13H,1-7,12H2/t13-/m1/s1. The minimum absolute atomic E-state index is 0.378. The minimum Gasteiger partial charge on any atom is -0.355 e. The van der Waals surface area contributed by atoms with Crippen molar-refractivity contribution in [3.8, 4) is 6.07 Å². The zero-order valence-corrected chi connectivity index (χ0v) is 13.1. The zero-order valence-electron chi connectivity index (χ0n) is 13.1. The first kappa shape index (κ1) is 14.2. The molecule has 0 unspecified atom stereocenters. The number of imidazole rings is 1. The molecule has 4 rings (SSSR count). The molecule has 2 aromatic heterocycles. The Kier molecular flexibility index (Phi) is 3.70. The number of fused-ring (bicyclic) bond motifs is 1. The van der Waals surface area contributed by atoms with Crippen LogP contribution in [-0.2, 0) is 13.0 Å². The van der Waals surface area contributed by atoms with Crippen LogP contribution in [-0.4, -0.2) is 32.6 Å². The van der Waals surface area contributed by atoms with Gasteiger partial charge in [-0.25, -0.2) is 9.97 Å². The number of rotatable bonds is 2. The second-order valence-electron chi connectivity index (χ2n) is 6.38. The summed E-state index contributed by atoms with van der Waals surface area (Å²) in [6.07, 6.45) is 11.3. The molecule has 0 bridgehead atoms. The summed E-state index contributed by atoms with van der Waals surface area (Å²) in [5, 5.41) is 9.01. The zero-order chi connectivity index (χ0) is 15.6. The molecule has 1 atom stereocenters. The number of anilines is 1. The molecule has 4 heterocycles. The van der Waals surface area contributed by atoms with Crippen LogP contribution in [0, 0.1) is 11.3 Å². The van der Waals surface area contributed by atoms with Crippen molar-refractivity contribution in [2.45, 2.75) is 44.6 Å². The molecule has 0 saturated carbocycles. The lowest BCUT2D eigenvalue weighted by atomic mass is 9.96. The van der Waals surface area contributed by atoms with Crippen LogP contribution >= 0.6 is 0 Å². The smallest absolute Gasteiger partial charge is 0.161 e. The third-order valence-electron chi connectivity index (χ3n) is 4.88. The van der Waals surface area contributed by atoms with Gasteiger partial charge in [0, 0.05) is 37.4 Å². The molecule has 118 valence electrons. The van der Waals surface area contributed by atoms with Crippen LogP contribution in [0.3, 0.4) is 0 Å². The van der Waals surface area contributed by atoms with Gasteiger partial charge in [-0.1, -0.05) is 0 Å². The van der Waals surface area contributed by atoms with Gasteiger partial charge >= 0.3 is 0 Å². The maximum atomic E-state index is 9.01. The highest BCUT2D eigenvalue weighted by Gasteiger charge is 2.27. The molecule has 23 heavy (non-hydrogen) atoms. The Bertz CT molecular complexity index is 744. The second kappa shape index (κ2) is 5.99. The van der Waals surface area contributed by atoms with Crippen LogP contribution in [0.4, 0.5) is 5.82 Å². The molecule has 2 aliphatic rings. The van der Waals surface area contributed by atoms with Gasteiger partial charge in [-0.2, -0.15) is 5.26 Å². The molecule has 0 amide bonds. The van der Waals surface area contributed by atoms with Crippen molar-refractivity contribution in [2.75, 3.05) is 18.0 Å². The molecule has 0 N–H and O–H groups in total. The van der Waals surface area contributed by atoms with E-state index in [0.29, 0.717) is 11.6 Å². The van der Waals surface area contributed by atoms with Crippen LogP contribution < -0.4 is 4.90 Å². The summed E-state index contributed by atoms with van der Waals surface area (Å²) in [7, 11) is 0. The van der Waals surface area contributed by atoms with Crippen molar-refractivity contribution in [2.24, 2.45) is 0 Å². The third kappa shape index (κ3) is 2.67. The average molecular weight is 308 g/mol. The van der Waals surface area contributed by atoms with Crippen LogP contribution in [0.15, 0.2) is 18.6 Å². The van der Waals surface area contributed by atoms with Gasteiger partial charge in [0.05, 0.1) is 12.4 Å². The monoisotopic (exact) mass is 308 g/mol. The van der Waals surface area contributed by atoms with E-state index < -0.39 is 0 Å². The first-order chi connectivity index (χ1) is 11.3. The van der Waals surface area contributed by atoms with E-state index in [2.05, 4.69) is 31.7 Å². The Labute approximate surface area is 135 Å². The summed E-state index contributed by atoms with van der Waals surface area (Å²) >= 11 is 0. The summed E-state index contributed by atoms with van der Waals surface area (Å²) in [6.45, 7) is 2.97. The molecule has 0 spiro atoms. The highest BCUT2D eigenvalue weighted by molar-refractivity contribution is 5.39. The lowest BCUT2D eigenvalue weighted by molar-refractivity contribution is 0.444. The van der Waals surface area contributed by atoms with Crippen LogP contribution in [0.5, 0.6) is 0 Å². The van der Waals surface area contributed by atoms with Gasteiger partial charge in [0.25, 0.3) is 0 Å². The van der Waals surface area contributed by atoms with E-state index in [-0.39, 0.29) is 0 Å². The predicted octanol–water partition coefficient (Wildman–Crippen LogP) is 2.27. The fourth-order valence-corrected chi connectivity index (χ4v) is 3.74. The van der Waals surface area contributed by atoms with Crippen LogP contribution in [0.1, 0.15) is 48.8 Å². The number of aromatic nitrogens is 4. The maximum Gasteiger partial charge on any atom is 0.161 e. The number of nitrogens with zero attached hydrogens (tertiary/aromatic N) is 6. The molecule has 0 aliphatic carbocycles. The number of hydrogen-bond acceptors (Lipinski definition) is 5. The van der Waals surface area contributed by atoms with Crippen molar-refractivity contribution in [3.05, 3.63) is 35.8 Å². The maximum absolute atomic E-state index is 9.01. The van der Waals surface area contributed by atoms with Crippen molar-refractivity contribution in [1.29, 1.82) is 5.26 Å². The summed E-state index contributed by atoms with van der Waals surface area (Å²) in [5.74, 6) is 2.47. The first-order valence-corrected chi connectivity index (χ1v) is 8.36. The largest absolute Gasteiger partial charge is 0.355 e. The van der Waals surface area contributed by atoms with Gasteiger partial charge in [0.2, 0.25) is 0 Å². The molecule has 2 aliphatic heterocycles. The van der Waals surface area contributed by atoms with E-state index in [0.717, 1.165) is 38.3 Å². The molecule has 1 fully saturated rings. The van der Waals surface area contributed by atoms with Gasteiger partial charge in [0.1, 0.15) is 17.7 Å². The fourth-order valence-electron chi connectivity index (χ4n) is 3.74. The molecule has 0 radical (unpaired) electrons. The van der Waals surface area contributed by atoms with E-state index in [4.69, 9.17) is 10.2 Å². The van der Waals surface area contributed by atoms with E-state index in [9.17, 15) is 0 Å². The van der Waals surface area contributed by atoms with Crippen molar-refractivity contribution < 1.29 is 0 Å². The fraction of sp³-hybridized carbons (Fsp3) is 0.529. The molecule has 0 aromatic carbocycles. The lowest BCUT2D eigenvalue weighted by Crippen LogP contribution is -2.36. The second-order valence-corrected chi connectivity index (χ2v) is 6.38. The van der Waals surface area contributed by atoms with E-state index in [1.165, 1.54) is 37.0 Å². The van der Waals surface area contributed by atoms with Crippen molar-refractivity contribution in [3.63, 3.8) is 0 Å². The summed E-state index contributed by atoms with van der Waals surface area (Å²) in [4.78, 5) is 15.5. The molecule has 1 saturated heterocycles. The molecule has 2 aromatic rings. The Morgan fingerprint density at radius 3 is 3.00 bits per heavy atom. The Morgan fingerprint density at radius 2 is 2.09 bits per heavy atom. The lowest BCUT2D eigenvalue weighted by Gasteiger charge is -2.33. The van der Waals surface area contributed by atoms with Crippen LogP contribution in [0.25, 0.3) is 0 Å². The van der Waals surface area contributed by atoms with Gasteiger partial charge < -0.3 is 9.47 Å². The highest BCUT2D eigenvalue weighted by atomic mass is 15.2. The Hall–Kier alpha value is -2.42. The van der Waals surface area contributed by atoms with Crippen LogP contribution in [0.2, 0.25) is 0 Å². The van der Waals surface area contributed by atoms with Crippen molar-refractivity contribution in [1.82, 2.24) is 19.5 Å². The van der Waals surface area contributed by atoms with Gasteiger partial charge in [0.15, 0.2) is 5.69 Å². The molecule has 6 nitrogen and oxygen atoms in total. The SMILES string of the molecule is N#Cc1cncc(N2CCC[C@@H](c3ncc4n3CCCC4)C2)n1. The van der Waals surface area contributed by atoms with E-state index in [1.807, 2.05) is 0 Å².